The molecule has 5 heteroatoms. The Morgan fingerprint density at radius 2 is 2.06 bits per heavy atom. The molecule has 1 aromatic carbocycles. The number of fused-ring (bicyclic) bond motifs is 1. The molecule has 0 amide bonds. The number of sulfone groups is 1. The van der Waals surface area contributed by atoms with Crippen LogP contribution < -0.4 is 5.73 Å². The van der Waals surface area contributed by atoms with Crippen molar-refractivity contribution in [1.82, 2.24) is 4.98 Å². The van der Waals surface area contributed by atoms with Crippen molar-refractivity contribution in [2.45, 2.75) is 11.3 Å². The molecule has 3 N–H and O–H groups in total. The van der Waals surface area contributed by atoms with Gasteiger partial charge in [0.1, 0.15) is 0 Å². The van der Waals surface area contributed by atoms with Crippen LogP contribution in [0.25, 0.3) is 11.1 Å². The minimum absolute atomic E-state index is 0.217. The van der Waals surface area contributed by atoms with Crippen LogP contribution in [0, 0.1) is 0 Å². The van der Waals surface area contributed by atoms with Crippen molar-refractivity contribution >= 4 is 15.5 Å². The van der Waals surface area contributed by atoms with E-state index in [1.54, 1.807) is 18.3 Å². The SMILES string of the molecule is Nc1c[nH]cc1-c1ccc2c(c1)CCS2(=O)=O. The van der Waals surface area contributed by atoms with E-state index in [0.717, 1.165) is 16.7 Å². The average Bonchev–Trinajstić information content (AvgIpc) is 2.83. The Morgan fingerprint density at radius 1 is 1.24 bits per heavy atom. The van der Waals surface area contributed by atoms with Gasteiger partial charge >= 0.3 is 0 Å². The fraction of sp³-hybridized carbons (Fsp3) is 0.167. The Bertz CT molecular complexity index is 686. The minimum atomic E-state index is -3.04. The van der Waals surface area contributed by atoms with Crippen LogP contribution in [0.5, 0.6) is 0 Å². The second-order valence-corrected chi connectivity index (χ2v) is 6.29. The first-order chi connectivity index (χ1) is 8.08. The van der Waals surface area contributed by atoms with Crippen molar-refractivity contribution in [2.24, 2.45) is 0 Å². The van der Waals surface area contributed by atoms with Crippen molar-refractivity contribution in [1.29, 1.82) is 0 Å². The number of aromatic nitrogens is 1. The standard InChI is InChI=1S/C12H12N2O2S/c13-11-7-14-6-10(11)8-1-2-12-9(5-8)3-4-17(12,15)16/h1-2,5-7,14H,3-4,13H2. The minimum Gasteiger partial charge on any atom is -0.397 e. The maximum Gasteiger partial charge on any atom is 0.178 e. The van der Waals surface area contributed by atoms with Crippen LogP contribution in [0.3, 0.4) is 0 Å². The molecular formula is C12H12N2O2S. The number of rotatable bonds is 1. The van der Waals surface area contributed by atoms with Crippen LogP contribution in [0.1, 0.15) is 5.56 Å². The molecule has 17 heavy (non-hydrogen) atoms. The number of nitrogens with one attached hydrogen (secondary N) is 1. The molecule has 3 rings (SSSR count). The quantitative estimate of drug-likeness (QED) is 0.804. The number of anilines is 1. The predicted molar refractivity (Wildman–Crippen MR) is 66.4 cm³/mol. The van der Waals surface area contributed by atoms with Crippen LogP contribution in [0.4, 0.5) is 5.69 Å². The lowest BCUT2D eigenvalue weighted by molar-refractivity contribution is 0.600. The number of nitrogen functional groups attached to an aromatic ring is 1. The summed E-state index contributed by atoms with van der Waals surface area (Å²) in [6.45, 7) is 0. The van der Waals surface area contributed by atoms with Gasteiger partial charge in [0.25, 0.3) is 0 Å². The smallest absolute Gasteiger partial charge is 0.178 e. The van der Waals surface area contributed by atoms with Crippen LogP contribution in [-0.2, 0) is 16.3 Å². The molecule has 88 valence electrons. The summed E-state index contributed by atoms with van der Waals surface area (Å²) in [5.41, 5.74) is 9.26. The lowest BCUT2D eigenvalue weighted by Gasteiger charge is -2.03. The lowest BCUT2D eigenvalue weighted by atomic mass is 10.0. The second-order valence-electron chi connectivity index (χ2n) is 4.22. The largest absolute Gasteiger partial charge is 0.397 e. The van der Waals surface area contributed by atoms with Gasteiger partial charge in [-0.05, 0) is 29.7 Å². The van der Waals surface area contributed by atoms with E-state index in [4.69, 9.17) is 5.73 Å². The van der Waals surface area contributed by atoms with Crippen molar-refractivity contribution in [3.63, 3.8) is 0 Å². The van der Waals surface area contributed by atoms with E-state index in [9.17, 15) is 8.42 Å². The van der Waals surface area contributed by atoms with E-state index in [1.807, 2.05) is 12.3 Å². The number of benzene rings is 1. The van der Waals surface area contributed by atoms with Gasteiger partial charge in [0, 0.05) is 18.0 Å². The summed E-state index contributed by atoms with van der Waals surface area (Å²) >= 11 is 0. The van der Waals surface area contributed by atoms with E-state index in [2.05, 4.69) is 4.98 Å². The topological polar surface area (TPSA) is 76.0 Å². The highest BCUT2D eigenvalue weighted by molar-refractivity contribution is 7.91. The lowest BCUT2D eigenvalue weighted by Crippen LogP contribution is -1.98. The van der Waals surface area contributed by atoms with Gasteiger partial charge in [-0.15, -0.1) is 0 Å². The highest BCUT2D eigenvalue weighted by atomic mass is 32.2. The summed E-state index contributed by atoms with van der Waals surface area (Å²) in [5, 5.41) is 0. The van der Waals surface area contributed by atoms with E-state index in [1.165, 1.54) is 0 Å². The normalized spacial score (nSPS) is 16.9. The number of nitrogens with two attached hydrogens (primary N) is 1. The number of hydrogen-bond donors (Lipinski definition) is 2. The highest BCUT2D eigenvalue weighted by Crippen LogP contribution is 2.32. The van der Waals surface area contributed by atoms with Crippen LogP contribution >= 0.6 is 0 Å². The molecule has 1 aliphatic heterocycles. The van der Waals surface area contributed by atoms with Gasteiger partial charge in [-0.3, -0.25) is 0 Å². The van der Waals surface area contributed by atoms with E-state index < -0.39 is 9.84 Å². The Labute approximate surface area is 99.4 Å². The van der Waals surface area contributed by atoms with Gasteiger partial charge in [-0.25, -0.2) is 8.42 Å². The third-order valence-electron chi connectivity index (χ3n) is 3.12. The first kappa shape index (κ1) is 10.4. The third-order valence-corrected chi connectivity index (χ3v) is 4.93. The Hall–Kier alpha value is -1.75. The van der Waals surface area contributed by atoms with Crippen molar-refractivity contribution in [2.75, 3.05) is 11.5 Å². The zero-order valence-electron chi connectivity index (χ0n) is 9.10. The maximum atomic E-state index is 11.7. The van der Waals surface area contributed by atoms with Gasteiger partial charge in [-0.1, -0.05) is 6.07 Å². The van der Waals surface area contributed by atoms with Crippen LogP contribution in [0.15, 0.2) is 35.5 Å². The molecule has 0 atom stereocenters. The summed E-state index contributed by atoms with van der Waals surface area (Å²) in [7, 11) is -3.04. The molecule has 0 aliphatic carbocycles. The van der Waals surface area contributed by atoms with Gasteiger partial charge in [0.15, 0.2) is 9.84 Å². The molecule has 4 nitrogen and oxygen atoms in total. The van der Waals surface area contributed by atoms with E-state index in [0.29, 0.717) is 17.0 Å². The zero-order chi connectivity index (χ0) is 12.0. The maximum absolute atomic E-state index is 11.7. The Balaban J connectivity index is 2.16. The molecule has 1 aromatic heterocycles. The molecule has 0 saturated carbocycles. The molecule has 0 saturated heterocycles. The Morgan fingerprint density at radius 3 is 2.76 bits per heavy atom. The summed E-state index contributed by atoms with van der Waals surface area (Å²) in [4.78, 5) is 3.41. The van der Waals surface area contributed by atoms with Crippen LogP contribution in [0.2, 0.25) is 0 Å². The fourth-order valence-electron chi connectivity index (χ4n) is 2.23. The molecule has 0 radical (unpaired) electrons. The summed E-state index contributed by atoms with van der Waals surface area (Å²) in [6, 6.07) is 5.40. The molecule has 2 heterocycles. The average molecular weight is 248 g/mol. The predicted octanol–water partition coefficient (Wildman–Crippen LogP) is 1.59. The summed E-state index contributed by atoms with van der Waals surface area (Å²) in [6.07, 6.45) is 4.13. The van der Waals surface area contributed by atoms with Crippen molar-refractivity contribution in [3.8, 4) is 11.1 Å². The van der Waals surface area contributed by atoms with Gasteiger partial charge in [0.05, 0.1) is 16.3 Å². The molecule has 0 spiro atoms. The molecule has 1 aliphatic rings. The van der Waals surface area contributed by atoms with Crippen LogP contribution in [-0.4, -0.2) is 19.2 Å². The molecule has 2 aromatic rings. The van der Waals surface area contributed by atoms with Crippen molar-refractivity contribution in [3.05, 3.63) is 36.2 Å². The number of hydrogen-bond acceptors (Lipinski definition) is 3. The third kappa shape index (κ3) is 1.54. The van der Waals surface area contributed by atoms with Gasteiger partial charge in [0.2, 0.25) is 0 Å². The number of aryl methyl sites for hydroxylation is 1. The second kappa shape index (κ2) is 3.37. The monoisotopic (exact) mass is 248 g/mol. The zero-order valence-corrected chi connectivity index (χ0v) is 9.92. The van der Waals surface area contributed by atoms with Gasteiger partial charge in [-0.2, -0.15) is 0 Å². The first-order valence-electron chi connectivity index (χ1n) is 5.36. The van der Waals surface area contributed by atoms with Gasteiger partial charge < -0.3 is 10.7 Å². The summed E-state index contributed by atoms with van der Waals surface area (Å²) < 4.78 is 23.4. The van der Waals surface area contributed by atoms with Crippen molar-refractivity contribution < 1.29 is 8.42 Å². The summed E-state index contributed by atoms with van der Waals surface area (Å²) in [5.74, 6) is 0.217. The highest BCUT2D eigenvalue weighted by Gasteiger charge is 2.26. The molecule has 0 bridgehead atoms. The molecule has 0 unspecified atom stereocenters. The fourth-order valence-corrected chi connectivity index (χ4v) is 3.77. The van der Waals surface area contributed by atoms with E-state index in [-0.39, 0.29) is 5.75 Å². The number of aromatic amines is 1. The first-order valence-corrected chi connectivity index (χ1v) is 7.01. The molecular weight excluding hydrogens is 236 g/mol. The number of H-pyrrole nitrogens is 1. The molecule has 0 fully saturated rings. The van der Waals surface area contributed by atoms with E-state index >= 15 is 0 Å². The Kier molecular flexibility index (Phi) is 2.06.